The number of carbonyl (C=O) groups is 1. The van der Waals surface area contributed by atoms with Gasteiger partial charge in [-0.05, 0) is 18.6 Å². The molecule has 0 fully saturated rings. The lowest BCUT2D eigenvalue weighted by Crippen LogP contribution is -2.36. The summed E-state index contributed by atoms with van der Waals surface area (Å²) in [6, 6.07) is 3.62. The van der Waals surface area contributed by atoms with Gasteiger partial charge in [-0.2, -0.15) is 0 Å². The number of aryl methyl sites for hydroxylation is 1. The van der Waals surface area contributed by atoms with Crippen LogP contribution in [-0.4, -0.2) is 54.3 Å². The molecular weight excluding hydrogens is 220 g/mol. The van der Waals surface area contributed by atoms with E-state index >= 15 is 0 Å². The Morgan fingerprint density at radius 1 is 1.65 bits per heavy atom. The van der Waals surface area contributed by atoms with Crippen LogP contribution in [0.2, 0.25) is 0 Å². The number of hydrogen-bond donors (Lipinski definition) is 1. The number of carbonyl (C=O) groups excluding carboxylic acids is 1. The Balaban J connectivity index is 2.67. The van der Waals surface area contributed by atoms with Crippen LogP contribution in [-0.2, 0) is 4.74 Å². The van der Waals surface area contributed by atoms with E-state index in [-0.39, 0.29) is 19.1 Å². The van der Waals surface area contributed by atoms with E-state index in [0.29, 0.717) is 5.69 Å². The molecule has 0 saturated carbocycles. The molecule has 17 heavy (non-hydrogen) atoms. The molecule has 1 heterocycles. The molecule has 1 aromatic rings. The van der Waals surface area contributed by atoms with Crippen LogP contribution in [0.3, 0.4) is 0 Å². The average Bonchev–Trinajstić information content (AvgIpc) is 2.29. The summed E-state index contributed by atoms with van der Waals surface area (Å²) in [4.78, 5) is 17.5. The number of aliphatic hydroxyl groups is 1. The van der Waals surface area contributed by atoms with E-state index in [9.17, 15) is 9.90 Å². The van der Waals surface area contributed by atoms with Gasteiger partial charge in [0.15, 0.2) is 0 Å². The summed E-state index contributed by atoms with van der Waals surface area (Å²) in [5, 5.41) is 9.55. The Morgan fingerprint density at radius 3 is 2.94 bits per heavy atom. The third-order valence-electron chi connectivity index (χ3n) is 2.40. The van der Waals surface area contributed by atoms with E-state index in [2.05, 4.69) is 4.98 Å². The molecule has 5 nitrogen and oxygen atoms in total. The molecule has 0 saturated heterocycles. The van der Waals surface area contributed by atoms with Gasteiger partial charge in [-0.3, -0.25) is 9.78 Å². The lowest BCUT2D eigenvalue weighted by Gasteiger charge is -2.20. The van der Waals surface area contributed by atoms with E-state index < -0.39 is 6.10 Å². The molecule has 94 valence electrons. The Kier molecular flexibility index (Phi) is 5.06. The van der Waals surface area contributed by atoms with Crippen molar-refractivity contribution in [3.8, 4) is 0 Å². The number of aromatic nitrogens is 1. The highest BCUT2D eigenvalue weighted by molar-refractivity contribution is 5.93. The highest BCUT2D eigenvalue weighted by Gasteiger charge is 2.17. The minimum Gasteiger partial charge on any atom is -0.389 e. The van der Waals surface area contributed by atoms with Crippen LogP contribution in [0.5, 0.6) is 0 Å². The molecule has 1 unspecified atom stereocenters. The summed E-state index contributed by atoms with van der Waals surface area (Å²) in [6.07, 6.45) is 0.901. The van der Waals surface area contributed by atoms with Gasteiger partial charge in [0.05, 0.1) is 12.7 Å². The second-order valence-electron chi connectivity index (χ2n) is 3.96. The normalized spacial score (nSPS) is 12.2. The first-order chi connectivity index (χ1) is 8.06. The van der Waals surface area contributed by atoms with Crippen LogP contribution in [0.4, 0.5) is 0 Å². The van der Waals surface area contributed by atoms with Gasteiger partial charge in [-0.1, -0.05) is 6.07 Å². The first-order valence-corrected chi connectivity index (χ1v) is 5.40. The molecule has 1 amide bonds. The van der Waals surface area contributed by atoms with Gasteiger partial charge in [0.1, 0.15) is 5.69 Å². The van der Waals surface area contributed by atoms with Crippen LogP contribution in [0, 0.1) is 6.92 Å². The monoisotopic (exact) mass is 238 g/mol. The second kappa shape index (κ2) is 6.32. The molecular formula is C12H18N2O3. The summed E-state index contributed by atoms with van der Waals surface area (Å²) in [5.74, 6) is -0.196. The van der Waals surface area contributed by atoms with E-state index in [1.54, 1.807) is 19.3 Å². The minimum absolute atomic E-state index is 0.196. The van der Waals surface area contributed by atoms with Crippen LogP contribution in [0.25, 0.3) is 0 Å². The number of ether oxygens (including phenoxy) is 1. The molecule has 0 spiro atoms. The second-order valence-corrected chi connectivity index (χ2v) is 3.96. The topological polar surface area (TPSA) is 62.7 Å². The molecule has 0 aliphatic carbocycles. The van der Waals surface area contributed by atoms with Crippen LogP contribution in [0.15, 0.2) is 18.3 Å². The third kappa shape index (κ3) is 3.80. The van der Waals surface area contributed by atoms with Crippen molar-refractivity contribution >= 4 is 5.91 Å². The SMILES string of the molecule is COCC(O)CN(C)C(=O)c1ncccc1C. The molecule has 1 atom stereocenters. The lowest BCUT2D eigenvalue weighted by molar-refractivity contribution is 0.0377. The van der Waals surface area contributed by atoms with Crippen LogP contribution < -0.4 is 0 Å². The molecule has 0 aromatic carbocycles. The number of hydrogen-bond acceptors (Lipinski definition) is 4. The average molecular weight is 238 g/mol. The molecule has 1 rings (SSSR count). The fourth-order valence-electron chi connectivity index (χ4n) is 1.53. The zero-order chi connectivity index (χ0) is 12.8. The van der Waals surface area contributed by atoms with Gasteiger partial charge in [-0.15, -0.1) is 0 Å². The first kappa shape index (κ1) is 13.6. The quantitative estimate of drug-likeness (QED) is 0.810. The van der Waals surface area contributed by atoms with Crippen molar-refractivity contribution in [3.63, 3.8) is 0 Å². The van der Waals surface area contributed by atoms with E-state index in [0.717, 1.165) is 5.56 Å². The zero-order valence-electron chi connectivity index (χ0n) is 10.4. The Labute approximate surface area is 101 Å². The number of amides is 1. The van der Waals surface area contributed by atoms with E-state index in [4.69, 9.17) is 4.74 Å². The summed E-state index contributed by atoms with van der Waals surface area (Å²) in [5.41, 5.74) is 1.24. The maximum atomic E-state index is 12.0. The number of methoxy groups -OCH3 is 1. The van der Waals surface area contributed by atoms with Crippen LogP contribution in [0.1, 0.15) is 16.1 Å². The highest BCUT2D eigenvalue weighted by atomic mass is 16.5. The smallest absolute Gasteiger partial charge is 0.272 e. The van der Waals surface area contributed by atoms with Crippen molar-refractivity contribution in [1.29, 1.82) is 0 Å². The maximum absolute atomic E-state index is 12.0. The minimum atomic E-state index is -0.682. The number of aliphatic hydroxyl groups excluding tert-OH is 1. The van der Waals surface area contributed by atoms with Crippen LogP contribution >= 0.6 is 0 Å². The van der Waals surface area contributed by atoms with Gasteiger partial charge >= 0.3 is 0 Å². The molecule has 0 aliphatic heterocycles. The van der Waals surface area contributed by atoms with Crippen molar-refractivity contribution in [2.24, 2.45) is 0 Å². The molecule has 0 bridgehead atoms. The van der Waals surface area contributed by atoms with Crippen molar-refractivity contribution < 1.29 is 14.6 Å². The number of pyridine rings is 1. The summed E-state index contributed by atoms with van der Waals surface area (Å²) >= 11 is 0. The highest BCUT2D eigenvalue weighted by Crippen LogP contribution is 2.06. The molecule has 5 heteroatoms. The number of likely N-dealkylation sites (N-methyl/N-ethyl adjacent to an activating group) is 1. The van der Waals surface area contributed by atoms with Crippen molar-refractivity contribution in [2.75, 3.05) is 27.3 Å². The predicted molar refractivity (Wildman–Crippen MR) is 63.8 cm³/mol. The summed E-state index contributed by atoms with van der Waals surface area (Å²) in [7, 11) is 3.14. The van der Waals surface area contributed by atoms with Gasteiger partial charge < -0.3 is 14.7 Å². The predicted octanol–water partition coefficient (Wildman–Crippen LogP) is 0.469. The number of nitrogens with zero attached hydrogens (tertiary/aromatic N) is 2. The lowest BCUT2D eigenvalue weighted by atomic mass is 10.2. The van der Waals surface area contributed by atoms with Gasteiger partial charge in [0.25, 0.3) is 5.91 Å². The first-order valence-electron chi connectivity index (χ1n) is 5.40. The fourth-order valence-corrected chi connectivity index (χ4v) is 1.53. The van der Waals surface area contributed by atoms with Crippen molar-refractivity contribution in [3.05, 3.63) is 29.6 Å². The zero-order valence-corrected chi connectivity index (χ0v) is 10.4. The summed E-state index contributed by atoms with van der Waals surface area (Å²) in [6.45, 7) is 2.27. The molecule has 1 aromatic heterocycles. The largest absolute Gasteiger partial charge is 0.389 e. The molecule has 1 N–H and O–H groups in total. The Hall–Kier alpha value is -1.46. The third-order valence-corrected chi connectivity index (χ3v) is 2.40. The maximum Gasteiger partial charge on any atom is 0.272 e. The fraction of sp³-hybridized carbons (Fsp3) is 0.500. The van der Waals surface area contributed by atoms with Crippen molar-refractivity contribution in [1.82, 2.24) is 9.88 Å². The molecule has 0 aliphatic rings. The standard InChI is InChI=1S/C12H18N2O3/c1-9-5-4-6-13-11(9)12(16)14(2)7-10(15)8-17-3/h4-6,10,15H,7-8H2,1-3H3. The van der Waals surface area contributed by atoms with E-state index in [1.807, 2.05) is 13.0 Å². The van der Waals surface area contributed by atoms with E-state index in [1.165, 1.54) is 12.0 Å². The van der Waals surface area contributed by atoms with Gasteiger partial charge in [-0.25, -0.2) is 0 Å². The Bertz CT molecular complexity index is 382. The number of rotatable bonds is 5. The summed E-state index contributed by atoms with van der Waals surface area (Å²) < 4.78 is 4.81. The van der Waals surface area contributed by atoms with Gasteiger partial charge in [0.2, 0.25) is 0 Å². The van der Waals surface area contributed by atoms with Crippen molar-refractivity contribution in [2.45, 2.75) is 13.0 Å². The Morgan fingerprint density at radius 2 is 2.35 bits per heavy atom. The molecule has 0 radical (unpaired) electrons. The van der Waals surface area contributed by atoms with Gasteiger partial charge in [0, 0.05) is 26.9 Å².